The van der Waals surface area contributed by atoms with Gasteiger partial charge in [-0.25, -0.2) is 13.1 Å². The van der Waals surface area contributed by atoms with Crippen molar-refractivity contribution in [2.45, 2.75) is 37.9 Å². The van der Waals surface area contributed by atoms with E-state index in [1.165, 1.54) is 12.0 Å². The molecule has 0 radical (unpaired) electrons. The van der Waals surface area contributed by atoms with Crippen molar-refractivity contribution in [2.75, 3.05) is 19.9 Å². The Balaban J connectivity index is 1.72. The third-order valence-corrected chi connectivity index (χ3v) is 6.54. The number of nitrogens with zero attached hydrogens (tertiary/aromatic N) is 1. The Hall–Kier alpha value is -3.44. The highest BCUT2D eigenvalue weighted by atomic mass is 32.2. The largest absolute Gasteiger partial charge is 0.496 e. The molecule has 1 fully saturated rings. The summed E-state index contributed by atoms with van der Waals surface area (Å²) < 4.78 is 31.7. The molecule has 1 aliphatic rings. The second kappa shape index (κ2) is 11.3. The first kappa shape index (κ1) is 26.2. The number of sulfonamides is 1. The molecule has 10 nitrogen and oxygen atoms in total. The van der Waals surface area contributed by atoms with Crippen molar-refractivity contribution in [1.82, 2.24) is 14.9 Å². The number of nitrogen functional groups attached to an aromatic ring is 1. The number of ether oxygens (including phenoxy) is 1. The number of carbonyl (C=O) groups is 2. The fraction of sp³-hybridized carbons (Fsp3) is 0.375. The summed E-state index contributed by atoms with van der Waals surface area (Å²) in [6, 6.07) is 12.4. The molecule has 0 aliphatic carbocycles. The van der Waals surface area contributed by atoms with E-state index in [-0.39, 0.29) is 24.7 Å². The van der Waals surface area contributed by atoms with Gasteiger partial charge in [-0.1, -0.05) is 42.5 Å². The summed E-state index contributed by atoms with van der Waals surface area (Å²) in [5.74, 6) is -0.365. The number of methoxy groups -OCH3 is 1. The second-order valence-corrected chi connectivity index (χ2v) is 10.3. The van der Waals surface area contributed by atoms with Crippen LogP contribution in [0.5, 0.6) is 5.75 Å². The molecule has 188 valence electrons. The normalized spacial score (nSPS) is 16.5. The fourth-order valence-electron chi connectivity index (χ4n) is 4.15. The van der Waals surface area contributed by atoms with E-state index in [2.05, 4.69) is 10.0 Å². The SMILES string of the molecule is COc1cc(C(=N)N)ccc1CNC(=O)[C@@H]1CCCN1C(=O)[C@H](Cc1ccccc1)NS(C)(=O)=O. The topological polar surface area (TPSA) is 155 Å². The molecular weight excluding hydrogens is 470 g/mol. The number of benzene rings is 2. The van der Waals surface area contributed by atoms with Crippen LogP contribution in [-0.2, 0) is 32.6 Å². The van der Waals surface area contributed by atoms with Crippen molar-refractivity contribution in [3.05, 3.63) is 65.2 Å². The summed E-state index contributed by atoms with van der Waals surface area (Å²) in [7, 11) is -2.17. The zero-order valence-electron chi connectivity index (χ0n) is 19.8. The fourth-order valence-corrected chi connectivity index (χ4v) is 4.85. The maximum Gasteiger partial charge on any atom is 0.243 e. The minimum atomic E-state index is -3.66. The second-order valence-electron chi connectivity index (χ2n) is 8.48. The van der Waals surface area contributed by atoms with Gasteiger partial charge in [0.25, 0.3) is 0 Å². The number of nitrogens with two attached hydrogens (primary N) is 1. The van der Waals surface area contributed by atoms with Crippen LogP contribution in [0.25, 0.3) is 0 Å². The zero-order valence-corrected chi connectivity index (χ0v) is 20.6. The molecule has 3 rings (SSSR count). The Morgan fingerprint density at radius 1 is 1.23 bits per heavy atom. The zero-order chi connectivity index (χ0) is 25.6. The number of rotatable bonds is 10. The van der Waals surface area contributed by atoms with Crippen molar-refractivity contribution in [2.24, 2.45) is 5.73 Å². The number of hydrogen-bond acceptors (Lipinski definition) is 6. The Kier molecular flexibility index (Phi) is 8.47. The van der Waals surface area contributed by atoms with E-state index in [1.54, 1.807) is 18.2 Å². The molecule has 2 atom stereocenters. The summed E-state index contributed by atoms with van der Waals surface area (Å²) in [6.07, 6.45) is 2.31. The van der Waals surface area contributed by atoms with Gasteiger partial charge in [0.1, 0.15) is 23.7 Å². The van der Waals surface area contributed by atoms with E-state index >= 15 is 0 Å². The minimum absolute atomic E-state index is 0.0910. The van der Waals surface area contributed by atoms with Crippen LogP contribution in [0.15, 0.2) is 48.5 Å². The first-order valence-electron chi connectivity index (χ1n) is 11.2. The van der Waals surface area contributed by atoms with Gasteiger partial charge < -0.3 is 20.7 Å². The van der Waals surface area contributed by atoms with E-state index < -0.39 is 28.0 Å². The Morgan fingerprint density at radius 3 is 2.57 bits per heavy atom. The van der Waals surface area contributed by atoms with Gasteiger partial charge in [-0.2, -0.15) is 0 Å². The maximum absolute atomic E-state index is 13.4. The monoisotopic (exact) mass is 501 g/mol. The highest BCUT2D eigenvalue weighted by Crippen LogP contribution is 2.22. The van der Waals surface area contributed by atoms with Crippen molar-refractivity contribution in [1.29, 1.82) is 5.41 Å². The molecule has 35 heavy (non-hydrogen) atoms. The van der Waals surface area contributed by atoms with Crippen LogP contribution < -0.4 is 20.5 Å². The van der Waals surface area contributed by atoms with E-state index in [0.29, 0.717) is 36.3 Å². The summed E-state index contributed by atoms with van der Waals surface area (Å²) in [5, 5.41) is 10.4. The average Bonchev–Trinajstić information content (AvgIpc) is 3.31. The lowest BCUT2D eigenvalue weighted by atomic mass is 10.0. The lowest BCUT2D eigenvalue weighted by Gasteiger charge is -2.28. The molecule has 1 saturated heterocycles. The number of amides is 2. The Bertz CT molecular complexity index is 1190. The Morgan fingerprint density at radius 2 is 1.94 bits per heavy atom. The number of carbonyl (C=O) groups excluding carboxylic acids is 2. The molecule has 2 amide bonds. The Labute approximate surface area is 205 Å². The molecule has 1 aliphatic heterocycles. The van der Waals surface area contributed by atoms with Crippen molar-refractivity contribution in [3.63, 3.8) is 0 Å². The summed E-state index contributed by atoms with van der Waals surface area (Å²) in [6.45, 7) is 0.526. The quantitative estimate of drug-likeness (QED) is 0.278. The smallest absolute Gasteiger partial charge is 0.243 e. The molecule has 2 aromatic rings. The molecule has 0 bridgehead atoms. The molecule has 0 unspecified atom stereocenters. The van der Waals surface area contributed by atoms with Crippen molar-refractivity contribution in [3.8, 4) is 5.75 Å². The van der Waals surface area contributed by atoms with E-state index in [0.717, 1.165) is 11.8 Å². The molecule has 0 saturated carbocycles. The molecule has 0 spiro atoms. The molecule has 11 heteroatoms. The predicted octanol–water partition coefficient (Wildman–Crippen LogP) is 0.747. The van der Waals surface area contributed by atoms with Crippen molar-refractivity contribution < 1.29 is 22.7 Å². The molecule has 1 heterocycles. The number of hydrogen-bond donors (Lipinski definition) is 4. The third kappa shape index (κ3) is 7.03. The summed E-state index contributed by atoms with van der Waals surface area (Å²) in [4.78, 5) is 27.9. The summed E-state index contributed by atoms with van der Waals surface area (Å²) in [5.41, 5.74) is 7.54. The van der Waals surface area contributed by atoms with Crippen LogP contribution in [0.4, 0.5) is 0 Å². The van der Waals surface area contributed by atoms with Gasteiger partial charge in [0.05, 0.1) is 13.4 Å². The van der Waals surface area contributed by atoms with Crippen LogP contribution in [0.1, 0.15) is 29.5 Å². The van der Waals surface area contributed by atoms with Crippen molar-refractivity contribution >= 4 is 27.7 Å². The highest BCUT2D eigenvalue weighted by molar-refractivity contribution is 7.88. The van der Waals surface area contributed by atoms with Crippen LogP contribution in [-0.4, -0.2) is 63.0 Å². The minimum Gasteiger partial charge on any atom is -0.496 e. The van der Waals surface area contributed by atoms with E-state index in [4.69, 9.17) is 15.9 Å². The number of likely N-dealkylation sites (tertiary alicyclic amines) is 1. The van der Waals surface area contributed by atoms with Crippen LogP contribution in [0.3, 0.4) is 0 Å². The van der Waals surface area contributed by atoms with E-state index in [9.17, 15) is 18.0 Å². The lowest BCUT2D eigenvalue weighted by molar-refractivity contribution is -0.139. The lowest BCUT2D eigenvalue weighted by Crippen LogP contribution is -2.54. The highest BCUT2D eigenvalue weighted by Gasteiger charge is 2.38. The maximum atomic E-state index is 13.4. The van der Waals surface area contributed by atoms with Gasteiger partial charge in [0, 0.05) is 24.2 Å². The third-order valence-electron chi connectivity index (χ3n) is 5.83. The first-order chi connectivity index (χ1) is 16.6. The molecule has 0 aromatic heterocycles. The van der Waals surface area contributed by atoms with Gasteiger partial charge in [0.15, 0.2) is 0 Å². The average molecular weight is 502 g/mol. The summed E-state index contributed by atoms with van der Waals surface area (Å²) >= 11 is 0. The molecular formula is C24H31N5O5S. The number of amidine groups is 1. The van der Waals surface area contributed by atoms with E-state index in [1.807, 2.05) is 30.3 Å². The molecule has 5 N–H and O–H groups in total. The van der Waals surface area contributed by atoms with Gasteiger partial charge in [-0.3, -0.25) is 15.0 Å². The van der Waals surface area contributed by atoms with Crippen LogP contribution in [0, 0.1) is 5.41 Å². The van der Waals surface area contributed by atoms with Gasteiger partial charge in [0.2, 0.25) is 21.8 Å². The van der Waals surface area contributed by atoms with Crippen LogP contribution >= 0.6 is 0 Å². The van der Waals surface area contributed by atoms with Gasteiger partial charge >= 0.3 is 0 Å². The number of nitrogens with one attached hydrogen (secondary N) is 3. The standard InChI is InChI=1S/C24H31N5O5S/c1-34-21-14-17(22(25)26)10-11-18(21)15-27-23(30)20-9-6-12-29(20)24(31)19(28-35(2,32)33)13-16-7-4-3-5-8-16/h3-5,7-8,10-11,14,19-20,28H,6,9,12-13,15H2,1-2H3,(H3,25,26)(H,27,30)/t19-,20-/m0/s1. The first-order valence-corrected chi connectivity index (χ1v) is 13.1. The van der Waals surface area contributed by atoms with Gasteiger partial charge in [-0.15, -0.1) is 0 Å². The molecule has 2 aromatic carbocycles. The van der Waals surface area contributed by atoms with Gasteiger partial charge in [-0.05, 0) is 30.9 Å². The predicted molar refractivity (Wildman–Crippen MR) is 133 cm³/mol. The van der Waals surface area contributed by atoms with Crippen LogP contribution in [0.2, 0.25) is 0 Å².